The zero-order chi connectivity index (χ0) is 18.8. The van der Waals surface area contributed by atoms with Crippen LogP contribution < -0.4 is 0 Å². The Morgan fingerprint density at radius 3 is 2.58 bits per heavy atom. The van der Waals surface area contributed by atoms with Crippen molar-refractivity contribution in [3.05, 3.63) is 58.5 Å². The number of nitrogens with zero attached hydrogens (tertiary/aromatic N) is 2. The van der Waals surface area contributed by atoms with Gasteiger partial charge in [0, 0.05) is 7.05 Å². The number of carbonyl (C=O) groups is 2. The predicted molar refractivity (Wildman–Crippen MR) is 98.6 cm³/mol. The van der Waals surface area contributed by atoms with Crippen molar-refractivity contribution in [3.63, 3.8) is 0 Å². The molecule has 2 aromatic carbocycles. The average Bonchev–Trinajstić information content (AvgIpc) is 2.86. The predicted octanol–water partition coefficient (Wildman–Crippen LogP) is 3.03. The highest BCUT2D eigenvalue weighted by molar-refractivity contribution is 8.18. The van der Waals surface area contributed by atoms with Crippen molar-refractivity contribution < 1.29 is 24.9 Å². The number of para-hydroxylation sites is 1. The molecule has 3 rings (SSSR count). The number of aromatic carboxylic acids is 1. The molecular formula is C18H14N2O5S. The van der Waals surface area contributed by atoms with Gasteiger partial charge in [-0.1, -0.05) is 18.2 Å². The quantitative estimate of drug-likeness (QED) is 0.566. The monoisotopic (exact) mass is 370 g/mol. The number of aliphatic imine (C=N–C) groups is 1. The number of amides is 1. The number of phenols is 2. The lowest BCUT2D eigenvalue weighted by molar-refractivity contribution is -0.121. The fourth-order valence-electron chi connectivity index (χ4n) is 2.29. The van der Waals surface area contributed by atoms with E-state index in [0.29, 0.717) is 15.6 Å². The number of hydrogen-bond donors (Lipinski definition) is 3. The minimum Gasteiger partial charge on any atom is -0.504 e. The lowest BCUT2D eigenvalue weighted by Gasteiger charge is -2.08. The molecule has 0 bridgehead atoms. The highest BCUT2D eigenvalue weighted by Gasteiger charge is 2.30. The van der Waals surface area contributed by atoms with Gasteiger partial charge in [0.1, 0.15) is 0 Å². The summed E-state index contributed by atoms with van der Waals surface area (Å²) in [7, 11) is 1.55. The van der Waals surface area contributed by atoms with E-state index in [0.717, 1.165) is 11.8 Å². The number of likely N-dealkylation sites (N-methyl/N-ethyl adjacent to an activating group) is 1. The molecule has 1 fully saturated rings. The molecule has 0 radical (unpaired) electrons. The van der Waals surface area contributed by atoms with E-state index in [-0.39, 0.29) is 28.7 Å². The van der Waals surface area contributed by atoms with Crippen LogP contribution in [-0.2, 0) is 4.79 Å². The number of rotatable bonds is 3. The van der Waals surface area contributed by atoms with Crippen LogP contribution in [0.3, 0.4) is 0 Å². The number of aromatic hydroxyl groups is 2. The summed E-state index contributed by atoms with van der Waals surface area (Å²) in [5.41, 5.74) is 0.838. The summed E-state index contributed by atoms with van der Waals surface area (Å²) in [6.45, 7) is 0. The molecule has 1 aliphatic heterocycles. The molecule has 1 heterocycles. The molecule has 0 aliphatic carbocycles. The number of benzene rings is 2. The Kier molecular flexibility index (Phi) is 4.68. The third kappa shape index (κ3) is 3.40. The van der Waals surface area contributed by atoms with Crippen LogP contribution in [-0.4, -0.2) is 44.3 Å². The molecule has 0 unspecified atom stereocenters. The summed E-state index contributed by atoms with van der Waals surface area (Å²) in [5.74, 6) is -1.93. The van der Waals surface area contributed by atoms with Crippen LogP contribution in [0.2, 0.25) is 0 Å². The number of carboxylic acid groups (broad SMARTS) is 1. The van der Waals surface area contributed by atoms with Gasteiger partial charge < -0.3 is 15.3 Å². The average molecular weight is 370 g/mol. The Bertz CT molecular complexity index is 968. The smallest absolute Gasteiger partial charge is 0.337 e. The molecule has 26 heavy (non-hydrogen) atoms. The van der Waals surface area contributed by atoms with Crippen molar-refractivity contribution in [1.29, 1.82) is 0 Å². The van der Waals surface area contributed by atoms with Crippen molar-refractivity contribution in [2.24, 2.45) is 4.99 Å². The van der Waals surface area contributed by atoms with Crippen LogP contribution >= 0.6 is 11.8 Å². The minimum atomic E-state index is -1.10. The lowest BCUT2D eigenvalue weighted by atomic mass is 10.2. The van der Waals surface area contributed by atoms with Crippen LogP contribution in [0.15, 0.2) is 52.4 Å². The molecule has 7 nitrogen and oxygen atoms in total. The SMILES string of the molecule is CN1C(=O)/C(=C/c2ccc(O)c(O)c2)SC1=Nc1ccccc1C(=O)O. The molecule has 2 aromatic rings. The second-order valence-corrected chi connectivity index (χ2v) is 6.45. The van der Waals surface area contributed by atoms with Gasteiger partial charge in [-0.3, -0.25) is 9.69 Å². The van der Waals surface area contributed by atoms with E-state index in [1.54, 1.807) is 37.4 Å². The molecule has 1 aliphatic rings. The van der Waals surface area contributed by atoms with E-state index in [1.807, 2.05) is 0 Å². The van der Waals surface area contributed by atoms with Crippen LogP contribution in [0.5, 0.6) is 11.5 Å². The third-order valence-corrected chi connectivity index (χ3v) is 4.71. The largest absolute Gasteiger partial charge is 0.504 e. The summed E-state index contributed by atoms with van der Waals surface area (Å²) < 4.78 is 0. The van der Waals surface area contributed by atoms with Crippen molar-refractivity contribution >= 4 is 40.6 Å². The molecule has 1 amide bonds. The van der Waals surface area contributed by atoms with Gasteiger partial charge in [-0.25, -0.2) is 9.79 Å². The number of carboxylic acids is 1. The van der Waals surface area contributed by atoms with E-state index < -0.39 is 5.97 Å². The van der Waals surface area contributed by atoms with Crippen molar-refractivity contribution in [1.82, 2.24) is 4.90 Å². The summed E-state index contributed by atoms with van der Waals surface area (Å²) in [4.78, 5) is 29.7. The van der Waals surface area contributed by atoms with Gasteiger partial charge in [0.15, 0.2) is 16.7 Å². The Balaban J connectivity index is 1.95. The number of amidine groups is 1. The standard InChI is InChI=1S/C18H14N2O5S/c1-20-16(23)15(9-10-6-7-13(21)14(22)8-10)26-18(20)19-12-5-3-2-4-11(12)17(24)25/h2-9,21-22H,1H3,(H,24,25)/b15-9-,19-18?. The van der Waals surface area contributed by atoms with Crippen LogP contribution in [0.1, 0.15) is 15.9 Å². The first-order chi connectivity index (χ1) is 12.4. The number of hydrogen-bond acceptors (Lipinski definition) is 6. The third-order valence-electron chi connectivity index (χ3n) is 3.65. The normalized spacial score (nSPS) is 17.3. The van der Waals surface area contributed by atoms with Crippen molar-refractivity contribution in [3.8, 4) is 11.5 Å². The second kappa shape index (κ2) is 6.93. The summed E-state index contributed by atoms with van der Waals surface area (Å²) in [6.07, 6.45) is 1.56. The van der Waals surface area contributed by atoms with Crippen LogP contribution in [0, 0.1) is 0 Å². The fourth-order valence-corrected chi connectivity index (χ4v) is 3.27. The minimum absolute atomic E-state index is 0.0438. The van der Waals surface area contributed by atoms with Crippen molar-refractivity contribution in [2.75, 3.05) is 7.05 Å². The van der Waals surface area contributed by atoms with Gasteiger partial charge in [0.25, 0.3) is 5.91 Å². The van der Waals surface area contributed by atoms with Gasteiger partial charge in [0.2, 0.25) is 0 Å². The number of thioether (sulfide) groups is 1. The number of carbonyl (C=O) groups excluding carboxylic acids is 1. The maximum atomic E-state index is 12.4. The van der Waals surface area contributed by atoms with E-state index in [4.69, 9.17) is 0 Å². The van der Waals surface area contributed by atoms with Gasteiger partial charge >= 0.3 is 5.97 Å². The fraction of sp³-hybridized carbons (Fsp3) is 0.0556. The van der Waals surface area contributed by atoms with Gasteiger partial charge in [-0.2, -0.15) is 0 Å². The lowest BCUT2D eigenvalue weighted by Crippen LogP contribution is -2.23. The maximum absolute atomic E-state index is 12.4. The van der Waals surface area contributed by atoms with E-state index in [1.165, 1.54) is 23.1 Å². The van der Waals surface area contributed by atoms with Gasteiger partial charge in [-0.15, -0.1) is 0 Å². The molecule has 0 aromatic heterocycles. The first-order valence-electron chi connectivity index (χ1n) is 7.47. The summed E-state index contributed by atoms with van der Waals surface area (Å²) >= 11 is 1.10. The van der Waals surface area contributed by atoms with E-state index in [9.17, 15) is 24.9 Å². The summed E-state index contributed by atoms with van der Waals surface area (Å²) in [5, 5.41) is 28.5. The Labute approximate surface area is 152 Å². The topological polar surface area (TPSA) is 110 Å². The molecule has 8 heteroatoms. The first-order valence-corrected chi connectivity index (χ1v) is 8.29. The number of phenolic OH excluding ortho intramolecular Hbond substituents is 2. The molecule has 0 spiro atoms. The van der Waals surface area contributed by atoms with Crippen molar-refractivity contribution in [2.45, 2.75) is 0 Å². The van der Waals surface area contributed by atoms with Crippen LogP contribution in [0.25, 0.3) is 6.08 Å². The molecule has 132 valence electrons. The van der Waals surface area contributed by atoms with E-state index >= 15 is 0 Å². The zero-order valence-electron chi connectivity index (χ0n) is 13.6. The Hall–Kier alpha value is -3.26. The highest BCUT2D eigenvalue weighted by atomic mass is 32.2. The summed E-state index contributed by atoms with van der Waals surface area (Å²) in [6, 6.07) is 10.5. The molecule has 3 N–H and O–H groups in total. The zero-order valence-corrected chi connectivity index (χ0v) is 14.4. The van der Waals surface area contributed by atoms with Gasteiger partial charge in [-0.05, 0) is 47.7 Å². The van der Waals surface area contributed by atoms with Gasteiger partial charge in [0.05, 0.1) is 16.2 Å². The molecule has 0 saturated carbocycles. The first kappa shape index (κ1) is 17.6. The van der Waals surface area contributed by atoms with Crippen LogP contribution in [0.4, 0.5) is 5.69 Å². The maximum Gasteiger partial charge on any atom is 0.337 e. The van der Waals surface area contributed by atoms with E-state index in [2.05, 4.69) is 4.99 Å². The second-order valence-electron chi connectivity index (χ2n) is 5.44. The molecule has 0 atom stereocenters. The Morgan fingerprint density at radius 2 is 1.88 bits per heavy atom. The molecular weight excluding hydrogens is 356 g/mol. The highest BCUT2D eigenvalue weighted by Crippen LogP contribution is 2.35. The Morgan fingerprint density at radius 1 is 1.15 bits per heavy atom. The molecule has 1 saturated heterocycles.